The van der Waals surface area contributed by atoms with Gasteiger partial charge in [0.25, 0.3) is 0 Å². The normalized spacial score (nSPS) is 20.3. The molecule has 2 aromatic carbocycles. The van der Waals surface area contributed by atoms with Gasteiger partial charge in [-0.3, -0.25) is 4.79 Å². The van der Waals surface area contributed by atoms with Crippen molar-refractivity contribution in [1.29, 1.82) is 0 Å². The smallest absolute Gasteiger partial charge is 0.248 e. The van der Waals surface area contributed by atoms with Crippen LogP contribution >= 0.6 is 0 Å². The Kier molecular flexibility index (Phi) is 4.81. The number of carbonyl (C=O) groups is 1. The largest absolute Gasteiger partial charge is 0.497 e. The Morgan fingerprint density at radius 2 is 1.74 bits per heavy atom. The minimum atomic E-state index is -0.313. The van der Waals surface area contributed by atoms with Crippen molar-refractivity contribution < 1.29 is 9.53 Å². The fraction of sp³-hybridized carbons (Fsp3) is 0.333. The minimum absolute atomic E-state index is 0.107. The summed E-state index contributed by atoms with van der Waals surface area (Å²) >= 11 is 0. The number of rotatable bonds is 4. The third kappa shape index (κ3) is 3.40. The number of methoxy groups -OCH3 is 1. The van der Waals surface area contributed by atoms with Gasteiger partial charge in [0, 0.05) is 17.7 Å². The van der Waals surface area contributed by atoms with E-state index in [1.54, 1.807) is 11.8 Å². The van der Waals surface area contributed by atoms with Gasteiger partial charge in [-0.15, -0.1) is 0 Å². The number of hydrogen-bond acceptors (Lipinski definition) is 6. The van der Waals surface area contributed by atoms with Crippen molar-refractivity contribution in [3.05, 3.63) is 76.5 Å². The summed E-state index contributed by atoms with van der Waals surface area (Å²) in [6.45, 7) is 4.34. The number of aromatic nitrogens is 4. The molecule has 31 heavy (non-hydrogen) atoms. The number of Topliss-reactive ketones (excluding diaryl/α,β-unsaturated/α-hetero) is 1. The maximum atomic E-state index is 13.4. The van der Waals surface area contributed by atoms with Gasteiger partial charge in [-0.2, -0.15) is 4.68 Å². The van der Waals surface area contributed by atoms with Crippen LogP contribution in [-0.4, -0.2) is 33.1 Å². The number of carbonyl (C=O) groups excluding carboxylic acids is 1. The number of tetrazole rings is 1. The van der Waals surface area contributed by atoms with Crippen molar-refractivity contribution in [2.24, 2.45) is 0 Å². The van der Waals surface area contributed by atoms with Gasteiger partial charge < -0.3 is 10.1 Å². The first kappa shape index (κ1) is 19.5. The molecule has 0 fully saturated rings. The number of nitrogens with zero attached hydrogens (tertiary/aromatic N) is 4. The van der Waals surface area contributed by atoms with Crippen LogP contribution in [0.4, 0.5) is 5.95 Å². The Morgan fingerprint density at radius 3 is 2.42 bits per heavy atom. The Hall–Kier alpha value is -3.48. The quantitative estimate of drug-likeness (QED) is 0.687. The number of allylic oxidation sites excluding steroid dienone is 2. The predicted molar refractivity (Wildman–Crippen MR) is 117 cm³/mol. The molecule has 2 aliphatic rings. The zero-order chi connectivity index (χ0) is 21.5. The van der Waals surface area contributed by atoms with Gasteiger partial charge in [-0.05, 0) is 57.5 Å². The van der Waals surface area contributed by atoms with Gasteiger partial charge in [0.2, 0.25) is 5.95 Å². The van der Waals surface area contributed by atoms with E-state index >= 15 is 0 Å². The SMILES string of the molecule is COc1ccc(C2CC(=O)C3=C(C2)Nc2nnnn2C3c2ccc(C(C)C)cc2)cc1. The van der Waals surface area contributed by atoms with Crippen molar-refractivity contribution in [1.82, 2.24) is 20.2 Å². The molecule has 7 heteroatoms. The van der Waals surface area contributed by atoms with Crippen molar-refractivity contribution in [2.45, 2.75) is 44.6 Å². The van der Waals surface area contributed by atoms with Gasteiger partial charge in [-0.1, -0.05) is 55.3 Å². The van der Waals surface area contributed by atoms with Gasteiger partial charge in [0.15, 0.2) is 5.78 Å². The number of nitrogens with one attached hydrogen (secondary N) is 1. The molecule has 0 bridgehead atoms. The first-order chi connectivity index (χ1) is 15.0. The summed E-state index contributed by atoms with van der Waals surface area (Å²) in [6, 6.07) is 16.1. The summed E-state index contributed by atoms with van der Waals surface area (Å²) in [6.07, 6.45) is 1.20. The zero-order valence-electron chi connectivity index (χ0n) is 17.9. The molecule has 2 heterocycles. The van der Waals surface area contributed by atoms with Crippen LogP contribution in [0.3, 0.4) is 0 Å². The van der Waals surface area contributed by atoms with E-state index < -0.39 is 0 Å². The van der Waals surface area contributed by atoms with Crippen LogP contribution in [0.25, 0.3) is 0 Å². The average molecular weight is 415 g/mol. The fourth-order valence-electron chi connectivity index (χ4n) is 4.56. The molecular weight excluding hydrogens is 390 g/mol. The van der Waals surface area contributed by atoms with Gasteiger partial charge in [0.1, 0.15) is 11.8 Å². The lowest BCUT2D eigenvalue weighted by molar-refractivity contribution is -0.116. The molecule has 2 unspecified atom stereocenters. The van der Waals surface area contributed by atoms with Crippen LogP contribution in [0.1, 0.15) is 61.3 Å². The molecule has 0 saturated carbocycles. The van der Waals surface area contributed by atoms with E-state index in [0.717, 1.165) is 34.6 Å². The van der Waals surface area contributed by atoms with Crippen molar-refractivity contribution in [3.8, 4) is 5.75 Å². The molecule has 5 rings (SSSR count). The molecule has 0 amide bonds. The topological polar surface area (TPSA) is 81.9 Å². The Morgan fingerprint density at radius 1 is 1.03 bits per heavy atom. The second-order valence-electron chi connectivity index (χ2n) is 8.49. The predicted octanol–water partition coefficient (Wildman–Crippen LogP) is 4.22. The van der Waals surface area contributed by atoms with Gasteiger partial charge >= 0.3 is 0 Å². The summed E-state index contributed by atoms with van der Waals surface area (Å²) in [5, 5.41) is 15.5. The highest BCUT2D eigenvalue weighted by molar-refractivity contribution is 6.00. The Bertz CT molecular complexity index is 1150. The molecule has 1 aliphatic heterocycles. The fourth-order valence-corrected chi connectivity index (χ4v) is 4.56. The number of benzene rings is 2. The summed E-state index contributed by atoms with van der Waals surface area (Å²) < 4.78 is 6.98. The maximum Gasteiger partial charge on any atom is 0.248 e. The second kappa shape index (κ2) is 7.65. The number of ether oxygens (including phenoxy) is 1. The van der Waals surface area contributed by atoms with E-state index in [9.17, 15) is 4.79 Å². The Balaban J connectivity index is 1.53. The van der Waals surface area contributed by atoms with Crippen LogP contribution < -0.4 is 10.1 Å². The molecule has 158 valence electrons. The standard InChI is InChI=1S/C24H25N5O2/c1-14(2)15-4-6-17(7-5-15)23-22-20(25-24-26-27-28-29(23)24)12-18(13-21(22)30)16-8-10-19(31-3)11-9-16/h4-11,14,18,23H,12-13H2,1-3H3,(H,25,26,28). The molecule has 2 atom stereocenters. The summed E-state index contributed by atoms with van der Waals surface area (Å²) in [5.41, 5.74) is 5.09. The first-order valence-electron chi connectivity index (χ1n) is 10.6. The second-order valence-corrected chi connectivity index (χ2v) is 8.49. The van der Waals surface area contributed by atoms with E-state index in [4.69, 9.17) is 4.74 Å². The van der Waals surface area contributed by atoms with Gasteiger partial charge in [-0.25, -0.2) is 0 Å². The average Bonchev–Trinajstić information content (AvgIpc) is 3.26. The van der Waals surface area contributed by atoms with Crippen molar-refractivity contribution in [2.75, 3.05) is 12.4 Å². The summed E-state index contributed by atoms with van der Waals surface area (Å²) in [4.78, 5) is 13.4. The third-order valence-electron chi connectivity index (χ3n) is 6.29. The number of fused-ring (bicyclic) bond motifs is 1. The van der Waals surface area contributed by atoms with Crippen LogP contribution in [0.15, 0.2) is 59.8 Å². The van der Waals surface area contributed by atoms with E-state index in [2.05, 4.69) is 59.0 Å². The third-order valence-corrected chi connectivity index (χ3v) is 6.29. The molecular formula is C24H25N5O2. The first-order valence-corrected chi connectivity index (χ1v) is 10.6. The summed E-state index contributed by atoms with van der Waals surface area (Å²) in [7, 11) is 1.65. The molecule has 1 aromatic heterocycles. The van der Waals surface area contributed by atoms with E-state index in [-0.39, 0.29) is 17.7 Å². The zero-order valence-corrected chi connectivity index (χ0v) is 17.9. The van der Waals surface area contributed by atoms with E-state index in [1.165, 1.54) is 5.56 Å². The highest BCUT2D eigenvalue weighted by Gasteiger charge is 2.39. The molecule has 1 aliphatic carbocycles. The summed E-state index contributed by atoms with van der Waals surface area (Å²) in [5.74, 6) is 2.07. The maximum absolute atomic E-state index is 13.4. The molecule has 0 saturated heterocycles. The van der Waals surface area contributed by atoms with E-state index in [1.807, 2.05) is 24.3 Å². The van der Waals surface area contributed by atoms with Crippen LogP contribution in [-0.2, 0) is 4.79 Å². The van der Waals surface area contributed by atoms with Crippen LogP contribution in [0.2, 0.25) is 0 Å². The monoisotopic (exact) mass is 415 g/mol. The lowest BCUT2D eigenvalue weighted by Gasteiger charge is -2.34. The van der Waals surface area contributed by atoms with Crippen LogP contribution in [0.5, 0.6) is 5.75 Å². The van der Waals surface area contributed by atoms with Gasteiger partial charge in [0.05, 0.1) is 7.11 Å². The molecule has 1 N–H and O–H groups in total. The van der Waals surface area contributed by atoms with Crippen LogP contribution in [0, 0.1) is 0 Å². The van der Waals surface area contributed by atoms with Crippen molar-refractivity contribution in [3.63, 3.8) is 0 Å². The molecule has 0 radical (unpaired) electrons. The number of hydrogen-bond donors (Lipinski definition) is 1. The number of anilines is 1. The lowest BCUT2D eigenvalue weighted by Crippen LogP contribution is -2.33. The Labute approximate surface area is 181 Å². The van der Waals surface area contributed by atoms with E-state index in [0.29, 0.717) is 18.3 Å². The highest BCUT2D eigenvalue weighted by Crippen LogP contribution is 2.43. The lowest BCUT2D eigenvalue weighted by atomic mass is 9.78. The molecule has 3 aromatic rings. The molecule has 0 spiro atoms. The molecule has 7 nitrogen and oxygen atoms in total. The van der Waals surface area contributed by atoms with Crippen molar-refractivity contribution >= 4 is 11.7 Å². The number of ketones is 1. The minimum Gasteiger partial charge on any atom is -0.497 e. The highest BCUT2D eigenvalue weighted by atomic mass is 16.5.